The van der Waals surface area contributed by atoms with Crippen LogP contribution in [0, 0.1) is 28.6 Å². The van der Waals surface area contributed by atoms with Gasteiger partial charge < -0.3 is 0 Å². The first-order valence-electron chi connectivity index (χ1n) is 9.78. The van der Waals surface area contributed by atoms with E-state index in [1.54, 1.807) is 12.4 Å². The fourth-order valence-corrected chi connectivity index (χ4v) is 4.37. The second kappa shape index (κ2) is 7.09. The third kappa shape index (κ3) is 2.90. The zero-order valence-electron chi connectivity index (χ0n) is 16.2. The second-order valence-corrected chi connectivity index (χ2v) is 7.74. The maximum absolute atomic E-state index is 9.37. The summed E-state index contributed by atoms with van der Waals surface area (Å²) in [7, 11) is 0. The molecule has 0 spiro atoms. The summed E-state index contributed by atoms with van der Waals surface area (Å²) in [6.07, 6.45) is 7.84. The first-order valence-corrected chi connectivity index (χ1v) is 9.78. The lowest BCUT2D eigenvalue weighted by Crippen LogP contribution is -2.46. The number of hydrogen-bond donors (Lipinski definition) is 1. The Bertz CT molecular complexity index is 1280. The van der Waals surface area contributed by atoms with Gasteiger partial charge in [0.15, 0.2) is 0 Å². The van der Waals surface area contributed by atoms with E-state index in [0.29, 0.717) is 18.8 Å². The quantitative estimate of drug-likeness (QED) is 0.549. The molecule has 146 valence electrons. The molecule has 0 aliphatic heterocycles. The van der Waals surface area contributed by atoms with Gasteiger partial charge >= 0.3 is 0 Å². The molecule has 4 aromatic rings. The molecular weight excluding hydrogens is 376 g/mol. The van der Waals surface area contributed by atoms with Crippen LogP contribution in [0.5, 0.6) is 0 Å². The molecule has 1 fully saturated rings. The fraction of sp³-hybridized carbons (Fsp3) is 0.273. The largest absolute Gasteiger partial charge is 0.276 e. The number of nitriles is 2. The maximum atomic E-state index is 9.37. The van der Waals surface area contributed by atoms with Gasteiger partial charge in [0.05, 0.1) is 41.0 Å². The minimum Gasteiger partial charge on any atom is -0.276 e. The summed E-state index contributed by atoms with van der Waals surface area (Å²) in [4.78, 5) is 9.35. The van der Waals surface area contributed by atoms with Gasteiger partial charge in [0.1, 0.15) is 11.4 Å². The van der Waals surface area contributed by atoms with E-state index in [2.05, 4.69) is 27.3 Å². The molecule has 0 bridgehead atoms. The minimum atomic E-state index is -0.344. The van der Waals surface area contributed by atoms with Crippen LogP contribution in [0.4, 0.5) is 0 Å². The SMILES string of the molecule is N#CC[C@H]1C[C@](CC#N)(n2ccc(-c3nc(-c4ccn[nH]4)cc4ncccc34)n2)C1. The predicted molar refractivity (Wildman–Crippen MR) is 109 cm³/mol. The summed E-state index contributed by atoms with van der Waals surface area (Å²) in [6, 6.07) is 14.1. The molecule has 0 radical (unpaired) electrons. The van der Waals surface area contributed by atoms with E-state index in [0.717, 1.165) is 46.5 Å². The van der Waals surface area contributed by atoms with Crippen molar-refractivity contribution in [3.63, 3.8) is 0 Å². The maximum Gasteiger partial charge on any atom is 0.111 e. The van der Waals surface area contributed by atoms with E-state index in [1.807, 2.05) is 41.2 Å². The molecule has 8 nitrogen and oxygen atoms in total. The lowest BCUT2D eigenvalue weighted by Gasteiger charge is -2.46. The molecular formula is C22H18N8. The first-order chi connectivity index (χ1) is 14.7. The van der Waals surface area contributed by atoms with Gasteiger partial charge in [-0.15, -0.1) is 0 Å². The smallest absolute Gasteiger partial charge is 0.111 e. The average molecular weight is 394 g/mol. The number of aromatic amines is 1. The molecule has 0 unspecified atom stereocenters. The van der Waals surface area contributed by atoms with Gasteiger partial charge in [-0.3, -0.25) is 14.8 Å². The fourth-order valence-electron chi connectivity index (χ4n) is 4.37. The first kappa shape index (κ1) is 18.0. The molecule has 30 heavy (non-hydrogen) atoms. The Kier molecular flexibility index (Phi) is 4.26. The van der Waals surface area contributed by atoms with Crippen molar-refractivity contribution in [2.75, 3.05) is 0 Å². The minimum absolute atomic E-state index is 0.322. The summed E-state index contributed by atoms with van der Waals surface area (Å²) >= 11 is 0. The van der Waals surface area contributed by atoms with Gasteiger partial charge in [0.25, 0.3) is 0 Å². The van der Waals surface area contributed by atoms with E-state index < -0.39 is 0 Å². The highest BCUT2D eigenvalue weighted by Crippen LogP contribution is 2.47. The van der Waals surface area contributed by atoms with Crippen LogP contribution in [0.15, 0.2) is 48.9 Å². The zero-order valence-corrected chi connectivity index (χ0v) is 16.2. The molecule has 1 saturated carbocycles. The Labute approximate surface area is 172 Å². The predicted octanol–water partition coefficient (Wildman–Crippen LogP) is 3.82. The number of H-pyrrole nitrogens is 1. The van der Waals surface area contributed by atoms with E-state index in [9.17, 15) is 5.26 Å². The Morgan fingerprint density at radius 2 is 2.03 bits per heavy atom. The lowest BCUT2D eigenvalue weighted by molar-refractivity contribution is 0.0601. The highest BCUT2D eigenvalue weighted by molar-refractivity contribution is 5.93. The van der Waals surface area contributed by atoms with Crippen LogP contribution in [0.2, 0.25) is 0 Å². The summed E-state index contributed by atoms with van der Waals surface area (Å²) in [6.45, 7) is 0. The number of nitrogens with zero attached hydrogens (tertiary/aromatic N) is 7. The molecule has 5 rings (SSSR count). The molecule has 8 heteroatoms. The number of aromatic nitrogens is 6. The molecule has 0 aromatic carbocycles. The summed E-state index contributed by atoms with van der Waals surface area (Å²) in [5.41, 5.74) is 3.50. The molecule has 1 aliphatic rings. The van der Waals surface area contributed by atoms with Gasteiger partial charge in [0.2, 0.25) is 0 Å². The highest BCUT2D eigenvalue weighted by atomic mass is 15.3. The van der Waals surface area contributed by atoms with Crippen LogP contribution >= 0.6 is 0 Å². The Balaban J connectivity index is 1.58. The van der Waals surface area contributed by atoms with Gasteiger partial charge in [-0.25, -0.2) is 4.98 Å². The van der Waals surface area contributed by atoms with Crippen LogP contribution in [0.1, 0.15) is 25.7 Å². The van der Waals surface area contributed by atoms with Gasteiger partial charge in [-0.05, 0) is 49.1 Å². The van der Waals surface area contributed by atoms with Crippen LogP contribution in [0.3, 0.4) is 0 Å². The van der Waals surface area contributed by atoms with Crippen molar-refractivity contribution in [1.82, 2.24) is 29.9 Å². The van der Waals surface area contributed by atoms with Crippen molar-refractivity contribution in [2.45, 2.75) is 31.2 Å². The van der Waals surface area contributed by atoms with E-state index in [1.165, 1.54) is 0 Å². The van der Waals surface area contributed by atoms with Gasteiger partial charge in [-0.2, -0.15) is 20.7 Å². The highest BCUT2D eigenvalue weighted by Gasteiger charge is 2.46. The Morgan fingerprint density at radius 3 is 2.80 bits per heavy atom. The number of nitrogens with one attached hydrogen (secondary N) is 1. The summed E-state index contributed by atoms with van der Waals surface area (Å²) < 4.78 is 1.90. The monoisotopic (exact) mass is 394 g/mol. The molecule has 4 heterocycles. The average Bonchev–Trinajstić information content (AvgIpc) is 3.44. The van der Waals surface area contributed by atoms with Crippen molar-refractivity contribution in [2.24, 2.45) is 5.92 Å². The van der Waals surface area contributed by atoms with Crippen molar-refractivity contribution < 1.29 is 0 Å². The number of pyridine rings is 2. The molecule has 1 aliphatic carbocycles. The standard InChI is InChI=1S/C22H18N8/c23-7-3-15-13-22(14-15,6-8-24)30-11-5-18(29-30)21-16-2-1-9-25-19(16)12-20(27-21)17-4-10-26-28-17/h1-2,4-5,9-12,15H,3,6,13-14H2,(H,26,28)/t15-,22-. The van der Waals surface area contributed by atoms with Crippen LogP contribution < -0.4 is 0 Å². The molecule has 4 aromatic heterocycles. The molecule has 0 saturated heterocycles. The van der Waals surface area contributed by atoms with Crippen molar-refractivity contribution in [3.8, 4) is 34.9 Å². The van der Waals surface area contributed by atoms with Crippen LogP contribution in [0.25, 0.3) is 33.7 Å². The Morgan fingerprint density at radius 1 is 1.13 bits per heavy atom. The van der Waals surface area contributed by atoms with E-state index >= 15 is 0 Å². The zero-order chi connectivity index (χ0) is 20.6. The van der Waals surface area contributed by atoms with Crippen molar-refractivity contribution in [1.29, 1.82) is 10.5 Å². The number of hydrogen-bond acceptors (Lipinski definition) is 6. The van der Waals surface area contributed by atoms with Crippen molar-refractivity contribution in [3.05, 3.63) is 48.9 Å². The van der Waals surface area contributed by atoms with E-state index in [-0.39, 0.29) is 5.54 Å². The molecule has 0 atom stereocenters. The molecule has 1 N–H and O–H groups in total. The topological polar surface area (TPSA) is 120 Å². The third-order valence-corrected chi connectivity index (χ3v) is 5.82. The Hall–Kier alpha value is -4.04. The van der Waals surface area contributed by atoms with Crippen LogP contribution in [-0.4, -0.2) is 29.9 Å². The molecule has 0 amide bonds. The summed E-state index contributed by atoms with van der Waals surface area (Å²) in [5.74, 6) is 0.322. The second-order valence-electron chi connectivity index (χ2n) is 7.74. The van der Waals surface area contributed by atoms with Gasteiger partial charge in [0, 0.05) is 30.4 Å². The third-order valence-electron chi connectivity index (χ3n) is 5.82. The van der Waals surface area contributed by atoms with Crippen molar-refractivity contribution >= 4 is 10.9 Å². The lowest BCUT2D eigenvalue weighted by atomic mass is 9.66. The van der Waals surface area contributed by atoms with E-state index in [4.69, 9.17) is 15.3 Å². The number of fused-ring (bicyclic) bond motifs is 1. The van der Waals surface area contributed by atoms with Crippen LogP contribution in [-0.2, 0) is 5.54 Å². The normalized spacial score (nSPS) is 20.4. The summed E-state index contributed by atoms with van der Waals surface area (Å²) in [5, 5.41) is 31.0. The van der Waals surface area contributed by atoms with Gasteiger partial charge in [-0.1, -0.05) is 0 Å². The number of rotatable bonds is 5.